The van der Waals surface area contributed by atoms with Crippen molar-refractivity contribution in [3.05, 3.63) is 29.8 Å². The Hall–Kier alpha value is -1.53. The van der Waals surface area contributed by atoms with Crippen LogP contribution in [0, 0.1) is 11.3 Å². The fourth-order valence-electron chi connectivity index (χ4n) is 1.77. The van der Waals surface area contributed by atoms with Crippen LogP contribution in [0.2, 0.25) is 0 Å². The molecule has 0 aliphatic heterocycles. The van der Waals surface area contributed by atoms with Crippen LogP contribution in [0.15, 0.2) is 24.3 Å². The summed E-state index contributed by atoms with van der Waals surface area (Å²) in [4.78, 5) is 0. The Bertz CT molecular complexity index is 367. The molecule has 0 fully saturated rings. The van der Waals surface area contributed by atoms with Crippen LogP contribution in [0.1, 0.15) is 37.7 Å². The van der Waals surface area contributed by atoms with E-state index in [9.17, 15) is 5.11 Å². The summed E-state index contributed by atoms with van der Waals surface area (Å²) >= 11 is 0. The van der Waals surface area contributed by atoms with Gasteiger partial charge in [0.25, 0.3) is 0 Å². The maximum absolute atomic E-state index is 9.97. The highest BCUT2D eigenvalue weighted by atomic mass is 16.5. The van der Waals surface area contributed by atoms with Crippen LogP contribution in [0.25, 0.3) is 0 Å². The van der Waals surface area contributed by atoms with Gasteiger partial charge in [0, 0.05) is 0 Å². The van der Waals surface area contributed by atoms with Crippen molar-refractivity contribution in [3.8, 4) is 11.8 Å². The highest BCUT2D eigenvalue weighted by molar-refractivity contribution is 5.32. The van der Waals surface area contributed by atoms with Gasteiger partial charge in [-0.3, -0.25) is 0 Å². The average Bonchev–Trinajstić information content (AvgIpc) is 2.38. The second-order valence-electron chi connectivity index (χ2n) is 4.09. The molecule has 0 aliphatic rings. The molecule has 0 amide bonds. The number of nitrogens with zero attached hydrogens (tertiary/aromatic N) is 1. The van der Waals surface area contributed by atoms with Gasteiger partial charge in [-0.1, -0.05) is 31.9 Å². The van der Waals surface area contributed by atoms with Crippen LogP contribution in [-0.4, -0.2) is 18.3 Å². The summed E-state index contributed by atoms with van der Waals surface area (Å²) in [7, 11) is 1.60. The molecule has 92 valence electrons. The highest BCUT2D eigenvalue weighted by Gasteiger charge is 2.20. The van der Waals surface area contributed by atoms with Gasteiger partial charge in [0.15, 0.2) is 0 Å². The minimum atomic E-state index is -0.589. The van der Waals surface area contributed by atoms with Crippen LogP contribution >= 0.6 is 0 Å². The second kappa shape index (κ2) is 6.93. The van der Waals surface area contributed by atoms with Crippen LogP contribution in [0.3, 0.4) is 0 Å². The fourth-order valence-corrected chi connectivity index (χ4v) is 1.77. The summed E-state index contributed by atoms with van der Waals surface area (Å²) in [6.45, 7) is 2.07. The molecule has 3 nitrogen and oxygen atoms in total. The summed E-state index contributed by atoms with van der Waals surface area (Å²) in [5, 5.41) is 19.1. The van der Waals surface area contributed by atoms with Crippen molar-refractivity contribution in [1.29, 1.82) is 5.26 Å². The number of methoxy groups -OCH3 is 1. The number of aliphatic hydroxyl groups is 1. The molecule has 0 heterocycles. The van der Waals surface area contributed by atoms with Gasteiger partial charge in [-0.05, 0) is 24.1 Å². The van der Waals surface area contributed by atoms with E-state index >= 15 is 0 Å². The van der Waals surface area contributed by atoms with E-state index in [2.05, 4.69) is 13.0 Å². The molecule has 1 aromatic carbocycles. The van der Waals surface area contributed by atoms with Gasteiger partial charge < -0.3 is 9.84 Å². The predicted octanol–water partition coefficient (Wildman–Crippen LogP) is 2.85. The second-order valence-corrected chi connectivity index (χ2v) is 4.09. The number of rotatable bonds is 6. The largest absolute Gasteiger partial charge is 0.497 e. The number of benzene rings is 1. The molecule has 0 saturated carbocycles. The number of aliphatic hydroxyl groups excluding tert-OH is 1. The van der Waals surface area contributed by atoms with Crippen molar-refractivity contribution < 1.29 is 9.84 Å². The minimum absolute atomic E-state index is 0.451. The predicted molar refractivity (Wildman–Crippen MR) is 66.9 cm³/mol. The summed E-state index contributed by atoms with van der Waals surface area (Å²) in [6, 6.07) is 9.47. The van der Waals surface area contributed by atoms with Crippen LogP contribution in [0.4, 0.5) is 0 Å². The Labute approximate surface area is 103 Å². The lowest BCUT2D eigenvalue weighted by molar-refractivity contribution is 0.148. The van der Waals surface area contributed by atoms with Crippen LogP contribution in [0.5, 0.6) is 5.75 Å². The molecule has 0 aliphatic carbocycles. The topological polar surface area (TPSA) is 53.2 Å². The first-order chi connectivity index (χ1) is 8.22. The molecule has 1 N–H and O–H groups in total. The first kappa shape index (κ1) is 13.5. The van der Waals surface area contributed by atoms with E-state index in [1.807, 2.05) is 24.3 Å². The SMILES string of the molecule is CCCCC(O)C(C#N)c1ccc(OC)cc1. The van der Waals surface area contributed by atoms with Gasteiger partial charge >= 0.3 is 0 Å². The van der Waals surface area contributed by atoms with Crippen molar-refractivity contribution >= 4 is 0 Å². The lowest BCUT2D eigenvalue weighted by Gasteiger charge is -2.16. The average molecular weight is 233 g/mol. The van der Waals surface area contributed by atoms with Crippen LogP contribution in [-0.2, 0) is 0 Å². The fraction of sp³-hybridized carbons (Fsp3) is 0.500. The Morgan fingerprint density at radius 3 is 2.47 bits per heavy atom. The number of nitriles is 1. The maximum atomic E-state index is 9.97. The standard InChI is InChI=1S/C14H19NO2/c1-3-4-5-14(16)13(10-15)11-6-8-12(17-2)9-7-11/h6-9,13-14,16H,3-5H2,1-2H3. The molecule has 1 aromatic rings. The number of hydrogen-bond donors (Lipinski definition) is 1. The monoisotopic (exact) mass is 233 g/mol. The third kappa shape index (κ3) is 3.76. The zero-order valence-electron chi connectivity index (χ0n) is 10.4. The van der Waals surface area contributed by atoms with Crippen molar-refractivity contribution in [1.82, 2.24) is 0 Å². The molecule has 3 heteroatoms. The number of ether oxygens (including phenoxy) is 1. The Kier molecular flexibility index (Phi) is 5.51. The molecule has 17 heavy (non-hydrogen) atoms. The van der Waals surface area contributed by atoms with Gasteiger partial charge in [-0.2, -0.15) is 5.26 Å². The molecular weight excluding hydrogens is 214 g/mol. The van der Waals surface area contributed by atoms with Crippen molar-refractivity contribution in [2.45, 2.75) is 38.2 Å². The Morgan fingerprint density at radius 2 is 2.00 bits per heavy atom. The van der Waals surface area contributed by atoms with Crippen LogP contribution < -0.4 is 4.74 Å². The first-order valence-corrected chi connectivity index (χ1v) is 5.94. The lowest BCUT2D eigenvalue weighted by Crippen LogP contribution is -2.17. The minimum Gasteiger partial charge on any atom is -0.497 e. The van der Waals surface area contributed by atoms with Gasteiger partial charge in [0.1, 0.15) is 5.75 Å². The third-order valence-corrected chi connectivity index (χ3v) is 2.85. The number of unbranched alkanes of at least 4 members (excludes halogenated alkanes) is 1. The summed E-state index contributed by atoms with van der Waals surface area (Å²) < 4.78 is 5.06. The normalized spacial score (nSPS) is 13.8. The zero-order chi connectivity index (χ0) is 12.7. The van der Waals surface area contributed by atoms with E-state index in [4.69, 9.17) is 10.00 Å². The van der Waals surface area contributed by atoms with Gasteiger partial charge in [-0.15, -0.1) is 0 Å². The van der Waals surface area contributed by atoms with Gasteiger partial charge in [0.2, 0.25) is 0 Å². The Morgan fingerprint density at radius 1 is 1.35 bits per heavy atom. The molecular formula is C14H19NO2. The molecule has 2 atom stereocenters. The first-order valence-electron chi connectivity index (χ1n) is 5.94. The molecule has 2 unspecified atom stereocenters. The summed E-state index contributed by atoms with van der Waals surface area (Å²) in [5.74, 6) is 0.306. The smallest absolute Gasteiger partial charge is 0.118 e. The molecule has 0 saturated heterocycles. The van der Waals surface area contributed by atoms with E-state index < -0.39 is 12.0 Å². The zero-order valence-corrected chi connectivity index (χ0v) is 10.4. The number of hydrogen-bond acceptors (Lipinski definition) is 3. The van der Waals surface area contributed by atoms with E-state index in [0.29, 0.717) is 6.42 Å². The van der Waals surface area contributed by atoms with Crippen molar-refractivity contribution in [3.63, 3.8) is 0 Å². The summed E-state index contributed by atoms with van der Waals surface area (Å²) in [5.41, 5.74) is 0.844. The molecule has 0 bridgehead atoms. The highest BCUT2D eigenvalue weighted by Crippen LogP contribution is 2.24. The van der Waals surface area contributed by atoms with Crippen molar-refractivity contribution in [2.24, 2.45) is 0 Å². The van der Waals surface area contributed by atoms with E-state index in [1.165, 1.54) is 0 Å². The molecule has 1 rings (SSSR count). The van der Waals surface area contributed by atoms with Crippen molar-refractivity contribution in [2.75, 3.05) is 7.11 Å². The van der Waals surface area contributed by atoms with E-state index in [0.717, 1.165) is 24.2 Å². The summed E-state index contributed by atoms with van der Waals surface area (Å²) in [6.07, 6.45) is 2.04. The third-order valence-electron chi connectivity index (χ3n) is 2.85. The van der Waals surface area contributed by atoms with Gasteiger partial charge in [-0.25, -0.2) is 0 Å². The molecule has 0 spiro atoms. The Balaban J connectivity index is 2.75. The maximum Gasteiger partial charge on any atom is 0.118 e. The quantitative estimate of drug-likeness (QED) is 0.822. The lowest BCUT2D eigenvalue weighted by atomic mass is 9.92. The molecule has 0 aromatic heterocycles. The molecule has 0 radical (unpaired) electrons. The van der Waals surface area contributed by atoms with E-state index in [1.54, 1.807) is 7.11 Å². The van der Waals surface area contributed by atoms with E-state index in [-0.39, 0.29) is 0 Å². The van der Waals surface area contributed by atoms with Gasteiger partial charge in [0.05, 0.1) is 25.2 Å².